The van der Waals surface area contributed by atoms with E-state index in [1.54, 1.807) is 6.07 Å². The fourth-order valence-corrected chi connectivity index (χ4v) is 6.57. The highest BCUT2D eigenvalue weighted by molar-refractivity contribution is 6.36. The number of rotatable bonds is 8. The molecule has 5 rings (SSSR count). The van der Waals surface area contributed by atoms with E-state index >= 15 is 0 Å². The maximum Gasteiger partial charge on any atom is 0.265 e. The Bertz CT molecular complexity index is 1370. The maximum atomic E-state index is 12.6. The van der Waals surface area contributed by atoms with Crippen molar-refractivity contribution in [3.63, 3.8) is 0 Å². The number of carbonyl (C=O) groups excluding carboxylic acids is 1. The van der Waals surface area contributed by atoms with Gasteiger partial charge in [0.25, 0.3) is 5.91 Å². The lowest BCUT2D eigenvalue weighted by Gasteiger charge is -2.19. The van der Waals surface area contributed by atoms with Gasteiger partial charge in [-0.05, 0) is 114 Å². The molecule has 1 fully saturated rings. The number of alkyl halides is 1. The number of aryl methyl sites for hydroxylation is 1. The Kier molecular flexibility index (Phi) is 9.03. The number of nitrogen functional groups attached to an aromatic ring is 1. The van der Waals surface area contributed by atoms with E-state index in [9.17, 15) is 9.18 Å². The van der Waals surface area contributed by atoms with Crippen molar-refractivity contribution < 1.29 is 9.18 Å². The Morgan fingerprint density at radius 2 is 1.82 bits per heavy atom. The molecule has 1 atom stereocenters. The molecule has 1 saturated heterocycles. The molecule has 39 heavy (non-hydrogen) atoms. The van der Waals surface area contributed by atoms with Crippen LogP contribution in [-0.2, 0) is 12.8 Å². The highest BCUT2D eigenvalue weighted by Gasteiger charge is 2.24. The second kappa shape index (κ2) is 12.6. The Hall–Kier alpha value is -2.70. The van der Waals surface area contributed by atoms with Crippen molar-refractivity contribution in [2.75, 3.05) is 26.3 Å². The van der Waals surface area contributed by atoms with E-state index in [-0.39, 0.29) is 12.6 Å². The van der Waals surface area contributed by atoms with E-state index in [1.807, 2.05) is 30.3 Å². The van der Waals surface area contributed by atoms with E-state index in [0.29, 0.717) is 27.9 Å². The molecule has 0 bridgehead atoms. The average Bonchev–Trinajstić information content (AvgIpc) is 3.30. The van der Waals surface area contributed by atoms with E-state index in [2.05, 4.69) is 34.6 Å². The lowest BCUT2D eigenvalue weighted by atomic mass is 9.86. The fraction of sp³-hybridized carbons (Fsp3) is 0.344. The molecule has 1 amide bonds. The third-order valence-electron chi connectivity index (χ3n) is 7.94. The molecule has 2 aliphatic rings. The number of nitrogens with zero attached hydrogens (tertiary/aromatic N) is 1. The SMILES string of the molecule is NNC(=O)c1ccc2c(c1)CCCC(c1ccc(Cl)cc1Cl)=C2c1ccc(C[C@H]2CCN(CCCF)C2)cc1. The zero-order chi connectivity index (χ0) is 27.4. The number of likely N-dealkylation sites (tertiary alicyclic amines) is 1. The minimum absolute atomic E-state index is 0.244. The van der Waals surface area contributed by atoms with Crippen LogP contribution in [0.4, 0.5) is 4.39 Å². The predicted octanol–water partition coefficient (Wildman–Crippen LogP) is 7.12. The molecular weight excluding hydrogens is 532 g/mol. The molecule has 3 aromatic carbocycles. The molecule has 0 unspecified atom stereocenters. The third-order valence-corrected chi connectivity index (χ3v) is 8.49. The van der Waals surface area contributed by atoms with Gasteiger partial charge in [-0.1, -0.05) is 59.6 Å². The van der Waals surface area contributed by atoms with Gasteiger partial charge < -0.3 is 4.90 Å². The summed E-state index contributed by atoms with van der Waals surface area (Å²) in [7, 11) is 0. The third kappa shape index (κ3) is 6.38. The Balaban J connectivity index is 1.51. The minimum atomic E-state index is -0.298. The van der Waals surface area contributed by atoms with Crippen molar-refractivity contribution in [1.29, 1.82) is 0 Å². The van der Waals surface area contributed by atoms with Crippen LogP contribution in [0.15, 0.2) is 60.7 Å². The molecule has 0 saturated carbocycles. The van der Waals surface area contributed by atoms with Crippen LogP contribution < -0.4 is 11.3 Å². The Labute approximate surface area is 240 Å². The van der Waals surface area contributed by atoms with Crippen molar-refractivity contribution in [3.05, 3.63) is 104 Å². The van der Waals surface area contributed by atoms with Crippen molar-refractivity contribution >= 4 is 40.3 Å². The second-order valence-electron chi connectivity index (χ2n) is 10.6. The first-order valence-electron chi connectivity index (χ1n) is 13.7. The standard InChI is InChI=1S/C32H34Cl2FN3O/c33-26-10-12-28(30(34)19-26)29-4-1-3-24-18-25(32(39)37-36)9-11-27(24)31(29)23-7-5-21(6-8-23)17-22-13-16-38(20-22)15-2-14-35/h5-12,18-19,22H,1-4,13-17,20,36H2,(H,37,39)/t22-/m1/s1. The number of fused-ring (bicyclic) bond motifs is 1. The molecule has 1 aliphatic heterocycles. The monoisotopic (exact) mass is 565 g/mol. The summed E-state index contributed by atoms with van der Waals surface area (Å²) in [6.45, 7) is 2.70. The number of nitrogens with one attached hydrogen (secondary N) is 1. The summed E-state index contributed by atoms with van der Waals surface area (Å²) in [5.41, 5.74) is 10.7. The number of hydrazine groups is 1. The van der Waals surface area contributed by atoms with Gasteiger partial charge in [-0.25, -0.2) is 5.84 Å². The van der Waals surface area contributed by atoms with Gasteiger partial charge in [0.15, 0.2) is 0 Å². The molecule has 3 aromatic rings. The Morgan fingerprint density at radius 3 is 2.56 bits per heavy atom. The summed E-state index contributed by atoms with van der Waals surface area (Å²) in [4.78, 5) is 14.6. The van der Waals surface area contributed by atoms with Gasteiger partial charge in [0, 0.05) is 28.7 Å². The first-order chi connectivity index (χ1) is 19.0. The van der Waals surface area contributed by atoms with Crippen LogP contribution in [0.25, 0.3) is 11.1 Å². The first-order valence-corrected chi connectivity index (χ1v) is 14.4. The first kappa shape index (κ1) is 27.9. The minimum Gasteiger partial charge on any atom is -0.303 e. The molecule has 0 radical (unpaired) electrons. The lowest BCUT2D eigenvalue weighted by Crippen LogP contribution is -2.30. The lowest BCUT2D eigenvalue weighted by molar-refractivity contribution is 0.0953. The van der Waals surface area contributed by atoms with Gasteiger partial charge in [-0.15, -0.1) is 0 Å². The van der Waals surface area contributed by atoms with Crippen LogP contribution in [0.2, 0.25) is 10.0 Å². The van der Waals surface area contributed by atoms with Crippen LogP contribution in [-0.4, -0.2) is 37.1 Å². The smallest absolute Gasteiger partial charge is 0.265 e. The summed E-state index contributed by atoms with van der Waals surface area (Å²) in [5.74, 6) is 5.71. The van der Waals surface area contributed by atoms with Crippen molar-refractivity contribution in [2.45, 2.75) is 38.5 Å². The van der Waals surface area contributed by atoms with Crippen LogP contribution in [0.3, 0.4) is 0 Å². The molecule has 204 valence electrons. The van der Waals surface area contributed by atoms with E-state index in [1.165, 1.54) is 11.1 Å². The van der Waals surface area contributed by atoms with Gasteiger partial charge in [-0.3, -0.25) is 14.6 Å². The maximum absolute atomic E-state index is 12.6. The highest BCUT2D eigenvalue weighted by Crippen LogP contribution is 2.42. The molecular formula is C32H34Cl2FN3O. The summed E-state index contributed by atoms with van der Waals surface area (Å²) < 4.78 is 12.6. The number of nitrogens with two attached hydrogens (primary N) is 1. The normalized spacial score (nSPS) is 17.7. The summed E-state index contributed by atoms with van der Waals surface area (Å²) in [5, 5.41) is 1.24. The number of benzene rings is 3. The van der Waals surface area contributed by atoms with E-state index < -0.39 is 0 Å². The zero-order valence-electron chi connectivity index (χ0n) is 22.0. The van der Waals surface area contributed by atoms with Gasteiger partial charge in [0.1, 0.15) is 0 Å². The second-order valence-corrected chi connectivity index (χ2v) is 11.4. The molecule has 1 aliphatic carbocycles. The van der Waals surface area contributed by atoms with Crippen LogP contribution in [0.5, 0.6) is 0 Å². The zero-order valence-corrected chi connectivity index (χ0v) is 23.5. The van der Waals surface area contributed by atoms with Gasteiger partial charge >= 0.3 is 0 Å². The van der Waals surface area contributed by atoms with Crippen molar-refractivity contribution in [1.82, 2.24) is 10.3 Å². The van der Waals surface area contributed by atoms with E-state index in [4.69, 9.17) is 29.0 Å². The van der Waals surface area contributed by atoms with Gasteiger partial charge in [-0.2, -0.15) is 0 Å². The quantitative estimate of drug-likeness (QED) is 0.174. The van der Waals surface area contributed by atoms with Gasteiger partial charge in [0.2, 0.25) is 0 Å². The number of amides is 1. The van der Waals surface area contributed by atoms with Crippen molar-refractivity contribution in [2.24, 2.45) is 11.8 Å². The molecule has 0 spiro atoms. The average molecular weight is 567 g/mol. The molecule has 0 aromatic heterocycles. The van der Waals surface area contributed by atoms with Crippen LogP contribution in [0.1, 0.15) is 63.9 Å². The van der Waals surface area contributed by atoms with E-state index in [0.717, 1.165) is 79.6 Å². The fourth-order valence-electron chi connectivity index (χ4n) is 6.05. The molecule has 3 N–H and O–H groups in total. The number of carbonyl (C=O) groups is 1. The largest absolute Gasteiger partial charge is 0.303 e. The number of allylic oxidation sites excluding steroid dienone is 1. The number of hydrogen-bond acceptors (Lipinski definition) is 3. The van der Waals surface area contributed by atoms with Gasteiger partial charge in [0.05, 0.1) is 6.67 Å². The molecule has 1 heterocycles. The van der Waals surface area contributed by atoms with Crippen molar-refractivity contribution in [3.8, 4) is 0 Å². The highest BCUT2D eigenvalue weighted by atomic mass is 35.5. The number of halogens is 3. The summed E-state index contributed by atoms with van der Waals surface area (Å²) >= 11 is 13.0. The predicted molar refractivity (Wildman–Crippen MR) is 159 cm³/mol. The summed E-state index contributed by atoms with van der Waals surface area (Å²) in [6.07, 6.45) is 5.42. The van der Waals surface area contributed by atoms with Crippen LogP contribution in [0, 0.1) is 5.92 Å². The topological polar surface area (TPSA) is 58.4 Å². The molecule has 7 heteroatoms. The number of hydrogen-bond donors (Lipinski definition) is 2. The summed E-state index contributed by atoms with van der Waals surface area (Å²) in [6, 6.07) is 20.4. The molecule has 4 nitrogen and oxygen atoms in total. The Morgan fingerprint density at radius 1 is 1.03 bits per heavy atom. The van der Waals surface area contributed by atoms with Crippen LogP contribution >= 0.6 is 23.2 Å².